The summed E-state index contributed by atoms with van der Waals surface area (Å²) in [5.74, 6) is -0.194. The molecule has 0 unspecified atom stereocenters. The van der Waals surface area contributed by atoms with Gasteiger partial charge in [0, 0.05) is 29.9 Å². The minimum Gasteiger partial charge on any atom is -0.352 e. The van der Waals surface area contributed by atoms with E-state index in [1.54, 1.807) is 16.2 Å². The van der Waals surface area contributed by atoms with Crippen LogP contribution in [-0.4, -0.2) is 22.4 Å². The Morgan fingerprint density at radius 3 is 2.47 bits per heavy atom. The third-order valence-electron chi connectivity index (χ3n) is 6.21. The Labute approximate surface area is 194 Å². The standard InChI is InChI=1S/C26H31N3O2S/c1-19-12-14-21(15-13-19)29(24(30)18-22-10-7-17-32-22)25(23-11-6-16-28(23)2)26(31)27-20-8-4-3-5-9-20/h6-7,10-17,20,25H,3-5,8-9,18H2,1-2H3,(H,27,31)/t25-/m0/s1. The van der Waals surface area contributed by atoms with Crippen LogP contribution in [0.5, 0.6) is 0 Å². The van der Waals surface area contributed by atoms with Gasteiger partial charge in [-0.1, -0.05) is 43.0 Å². The topological polar surface area (TPSA) is 54.3 Å². The second kappa shape index (κ2) is 10.2. The molecular formula is C26H31N3O2S. The summed E-state index contributed by atoms with van der Waals surface area (Å²) in [6.45, 7) is 2.02. The predicted molar refractivity (Wildman–Crippen MR) is 130 cm³/mol. The van der Waals surface area contributed by atoms with Gasteiger partial charge in [-0.25, -0.2) is 0 Å². The van der Waals surface area contributed by atoms with Gasteiger partial charge in [0.15, 0.2) is 6.04 Å². The first kappa shape index (κ1) is 22.3. The van der Waals surface area contributed by atoms with Crippen molar-refractivity contribution < 1.29 is 9.59 Å². The van der Waals surface area contributed by atoms with E-state index >= 15 is 0 Å². The fourth-order valence-electron chi connectivity index (χ4n) is 4.46. The second-order valence-corrected chi connectivity index (χ2v) is 9.68. The van der Waals surface area contributed by atoms with Crippen LogP contribution >= 0.6 is 11.3 Å². The summed E-state index contributed by atoms with van der Waals surface area (Å²) in [6.07, 6.45) is 7.69. The number of rotatable bonds is 7. The summed E-state index contributed by atoms with van der Waals surface area (Å²) >= 11 is 1.56. The zero-order valence-corrected chi connectivity index (χ0v) is 19.6. The lowest BCUT2D eigenvalue weighted by atomic mass is 9.95. The molecule has 4 rings (SSSR count). The molecule has 1 aliphatic rings. The average molecular weight is 450 g/mol. The van der Waals surface area contributed by atoms with Gasteiger partial charge in [0.2, 0.25) is 11.8 Å². The smallest absolute Gasteiger partial charge is 0.249 e. The second-order valence-electron chi connectivity index (χ2n) is 8.65. The fraction of sp³-hybridized carbons (Fsp3) is 0.385. The molecule has 5 nitrogen and oxygen atoms in total. The SMILES string of the molecule is Cc1ccc(N(C(=O)Cc2cccs2)[C@H](C(=O)NC2CCCCC2)c2cccn2C)cc1. The van der Waals surface area contributed by atoms with Crippen molar-refractivity contribution in [3.63, 3.8) is 0 Å². The molecule has 2 aromatic heterocycles. The monoisotopic (exact) mass is 449 g/mol. The van der Waals surface area contributed by atoms with Crippen LogP contribution in [0.3, 0.4) is 0 Å². The molecule has 1 aliphatic carbocycles. The number of amides is 2. The van der Waals surface area contributed by atoms with E-state index in [0.29, 0.717) is 0 Å². The summed E-state index contributed by atoms with van der Waals surface area (Å²) in [7, 11) is 1.92. The first-order valence-electron chi connectivity index (χ1n) is 11.4. The molecule has 0 spiro atoms. The molecule has 1 saturated carbocycles. The van der Waals surface area contributed by atoms with E-state index < -0.39 is 6.04 Å². The maximum atomic E-state index is 13.7. The number of hydrogen-bond donors (Lipinski definition) is 1. The van der Waals surface area contributed by atoms with Crippen LogP contribution < -0.4 is 10.2 Å². The van der Waals surface area contributed by atoms with Crippen molar-refractivity contribution in [1.29, 1.82) is 0 Å². The van der Waals surface area contributed by atoms with Crippen LogP contribution in [0.1, 0.15) is 54.3 Å². The van der Waals surface area contributed by atoms with Gasteiger partial charge in [0.1, 0.15) is 0 Å². The Bertz CT molecular complexity index is 1030. The van der Waals surface area contributed by atoms with Crippen molar-refractivity contribution >= 4 is 28.8 Å². The van der Waals surface area contributed by atoms with E-state index in [2.05, 4.69) is 5.32 Å². The van der Waals surface area contributed by atoms with Gasteiger partial charge in [-0.3, -0.25) is 14.5 Å². The third-order valence-corrected chi connectivity index (χ3v) is 7.08. The Morgan fingerprint density at radius 1 is 1.09 bits per heavy atom. The lowest BCUT2D eigenvalue weighted by molar-refractivity contribution is -0.127. The van der Waals surface area contributed by atoms with E-state index in [1.165, 1.54) is 6.42 Å². The largest absolute Gasteiger partial charge is 0.352 e. The molecule has 1 atom stereocenters. The van der Waals surface area contributed by atoms with Crippen LogP contribution in [0, 0.1) is 6.92 Å². The lowest BCUT2D eigenvalue weighted by Crippen LogP contribution is -2.48. The average Bonchev–Trinajstić information content (AvgIpc) is 3.45. The Hall–Kier alpha value is -2.86. The summed E-state index contributed by atoms with van der Waals surface area (Å²) in [5.41, 5.74) is 2.65. The summed E-state index contributed by atoms with van der Waals surface area (Å²) in [6, 6.07) is 15.1. The highest BCUT2D eigenvalue weighted by Crippen LogP contribution is 2.30. The highest BCUT2D eigenvalue weighted by molar-refractivity contribution is 7.10. The summed E-state index contributed by atoms with van der Waals surface area (Å²) in [4.78, 5) is 30.1. The molecular weight excluding hydrogens is 418 g/mol. The number of nitrogens with one attached hydrogen (secondary N) is 1. The van der Waals surface area contributed by atoms with Crippen LogP contribution in [0.15, 0.2) is 60.1 Å². The zero-order valence-electron chi connectivity index (χ0n) is 18.8. The number of anilines is 1. The Morgan fingerprint density at radius 2 is 1.84 bits per heavy atom. The molecule has 0 radical (unpaired) electrons. The number of aromatic nitrogens is 1. The quantitative estimate of drug-likeness (QED) is 0.542. The van der Waals surface area contributed by atoms with Crippen LogP contribution in [-0.2, 0) is 23.1 Å². The van der Waals surface area contributed by atoms with Crippen LogP contribution in [0.25, 0.3) is 0 Å². The Kier molecular flexibility index (Phi) is 7.10. The van der Waals surface area contributed by atoms with Crippen molar-refractivity contribution in [2.24, 2.45) is 7.05 Å². The van der Waals surface area contributed by atoms with Gasteiger partial charge in [-0.05, 0) is 55.5 Å². The fourth-order valence-corrected chi connectivity index (χ4v) is 5.15. The number of nitrogens with zero attached hydrogens (tertiary/aromatic N) is 2. The van der Waals surface area contributed by atoms with Crippen LogP contribution in [0.4, 0.5) is 5.69 Å². The number of carbonyl (C=O) groups is 2. The van der Waals surface area contributed by atoms with Gasteiger partial charge < -0.3 is 9.88 Å². The van der Waals surface area contributed by atoms with Crippen molar-refractivity contribution in [3.8, 4) is 0 Å². The maximum Gasteiger partial charge on any atom is 0.249 e. The van der Waals surface area contributed by atoms with E-state index in [0.717, 1.165) is 47.5 Å². The van der Waals surface area contributed by atoms with E-state index in [9.17, 15) is 9.59 Å². The predicted octanol–water partition coefficient (Wildman–Crippen LogP) is 5.16. The summed E-state index contributed by atoms with van der Waals surface area (Å²) < 4.78 is 1.94. The molecule has 2 heterocycles. The van der Waals surface area contributed by atoms with Gasteiger partial charge in [-0.2, -0.15) is 0 Å². The molecule has 0 aliphatic heterocycles. The minimum atomic E-state index is -0.730. The summed E-state index contributed by atoms with van der Waals surface area (Å²) in [5, 5.41) is 5.24. The highest BCUT2D eigenvalue weighted by Gasteiger charge is 2.35. The highest BCUT2D eigenvalue weighted by atomic mass is 32.1. The molecule has 168 valence electrons. The van der Waals surface area contributed by atoms with Crippen molar-refractivity contribution in [3.05, 3.63) is 76.2 Å². The molecule has 2 amide bonds. The molecule has 3 aromatic rings. The first-order valence-corrected chi connectivity index (χ1v) is 12.2. The van der Waals surface area contributed by atoms with E-state index in [-0.39, 0.29) is 24.3 Å². The maximum absolute atomic E-state index is 13.7. The van der Waals surface area contributed by atoms with E-state index in [4.69, 9.17) is 0 Å². The molecule has 1 N–H and O–H groups in total. The van der Waals surface area contributed by atoms with Gasteiger partial charge in [-0.15, -0.1) is 11.3 Å². The molecule has 1 fully saturated rings. The molecule has 0 bridgehead atoms. The van der Waals surface area contributed by atoms with Gasteiger partial charge in [0.05, 0.1) is 12.1 Å². The normalized spacial score (nSPS) is 15.3. The van der Waals surface area contributed by atoms with Gasteiger partial charge >= 0.3 is 0 Å². The lowest BCUT2D eigenvalue weighted by Gasteiger charge is -2.33. The number of thiophene rings is 1. The molecule has 32 heavy (non-hydrogen) atoms. The molecule has 6 heteroatoms. The number of aryl methyl sites for hydroxylation is 2. The van der Waals surface area contributed by atoms with Crippen molar-refractivity contribution in [2.45, 2.75) is 57.5 Å². The molecule has 1 aromatic carbocycles. The first-order chi connectivity index (χ1) is 15.5. The van der Waals surface area contributed by atoms with Crippen LogP contribution in [0.2, 0.25) is 0 Å². The zero-order chi connectivity index (χ0) is 22.5. The van der Waals surface area contributed by atoms with E-state index in [1.807, 2.05) is 78.6 Å². The minimum absolute atomic E-state index is 0.0821. The third kappa shape index (κ3) is 5.13. The number of benzene rings is 1. The Balaban J connectivity index is 1.72. The molecule has 0 saturated heterocycles. The van der Waals surface area contributed by atoms with Crippen molar-refractivity contribution in [2.75, 3.05) is 4.90 Å². The number of hydrogen-bond acceptors (Lipinski definition) is 3. The number of carbonyl (C=O) groups excluding carboxylic acids is 2. The van der Waals surface area contributed by atoms with Crippen molar-refractivity contribution in [1.82, 2.24) is 9.88 Å². The van der Waals surface area contributed by atoms with Gasteiger partial charge in [0.25, 0.3) is 0 Å².